The number of hydrogen-bond donors (Lipinski definition) is 2. The Hall–Kier alpha value is -3.74. The normalized spacial score (nSPS) is 12.0. The van der Waals surface area contributed by atoms with Crippen molar-refractivity contribution in [1.82, 2.24) is 15.4 Å². The van der Waals surface area contributed by atoms with E-state index in [1.165, 1.54) is 0 Å². The van der Waals surface area contributed by atoms with Gasteiger partial charge in [-0.2, -0.15) is 0 Å². The molecule has 2 aromatic carbocycles. The molecule has 0 atom stereocenters. The fraction of sp³-hybridized carbons (Fsp3) is 0.182. The monoisotopic (exact) mass is 391 g/mol. The minimum atomic E-state index is -0.440. The van der Waals surface area contributed by atoms with Crippen molar-refractivity contribution in [1.29, 1.82) is 0 Å². The molecule has 2 heterocycles. The fourth-order valence-electron chi connectivity index (χ4n) is 3.47. The first-order valence-electron chi connectivity index (χ1n) is 9.21. The predicted molar refractivity (Wildman–Crippen MR) is 107 cm³/mol. The van der Waals surface area contributed by atoms with Crippen LogP contribution < -0.4 is 20.3 Å². The van der Waals surface area contributed by atoms with Gasteiger partial charge < -0.3 is 14.0 Å². The molecular weight excluding hydrogens is 370 g/mol. The summed E-state index contributed by atoms with van der Waals surface area (Å²) in [5.41, 5.74) is 9.66. The highest BCUT2D eigenvalue weighted by Crippen LogP contribution is 2.32. The quantitative estimate of drug-likeness (QED) is 0.672. The zero-order chi connectivity index (χ0) is 20.5. The molecule has 1 aromatic heterocycles. The zero-order valence-electron chi connectivity index (χ0n) is 16.4. The lowest BCUT2D eigenvalue weighted by Gasteiger charge is -2.13. The van der Waals surface area contributed by atoms with Crippen molar-refractivity contribution in [3.05, 3.63) is 76.6 Å². The van der Waals surface area contributed by atoms with Crippen molar-refractivity contribution in [2.24, 2.45) is 0 Å². The van der Waals surface area contributed by atoms with Crippen LogP contribution in [0.25, 0.3) is 5.69 Å². The van der Waals surface area contributed by atoms with Crippen molar-refractivity contribution in [3.63, 3.8) is 0 Å². The fourth-order valence-corrected chi connectivity index (χ4v) is 3.47. The average molecular weight is 391 g/mol. The van der Waals surface area contributed by atoms with Crippen molar-refractivity contribution in [2.45, 2.75) is 20.8 Å². The molecule has 3 aromatic rings. The van der Waals surface area contributed by atoms with Gasteiger partial charge in [0.2, 0.25) is 6.79 Å². The molecule has 4 rings (SSSR count). The van der Waals surface area contributed by atoms with E-state index < -0.39 is 5.91 Å². The van der Waals surface area contributed by atoms with Crippen molar-refractivity contribution < 1.29 is 19.1 Å². The van der Waals surface area contributed by atoms with Crippen LogP contribution in [0.2, 0.25) is 0 Å². The molecule has 2 amide bonds. The van der Waals surface area contributed by atoms with E-state index in [2.05, 4.69) is 10.9 Å². The lowest BCUT2D eigenvalue weighted by molar-refractivity contribution is 0.0846. The summed E-state index contributed by atoms with van der Waals surface area (Å²) in [4.78, 5) is 25.1. The van der Waals surface area contributed by atoms with Crippen LogP contribution >= 0.6 is 0 Å². The Morgan fingerprint density at radius 3 is 2.41 bits per heavy atom. The number of aryl methyl sites for hydroxylation is 2. The van der Waals surface area contributed by atoms with E-state index in [0.717, 1.165) is 22.6 Å². The van der Waals surface area contributed by atoms with Gasteiger partial charge in [-0.1, -0.05) is 18.2 Å². The first-order valence-corrected chi connectivity index (χ1v) is 9.21. The van der Waals surface area contributed by atoms with Crippen molar-refractivity contribution in [3.8, 4) is 17.2 Å². The van der Waals surface area contributed by atoms with E-state index in [4.69, 9.17) is 9.47 Å². The number of nitrogens with one attached hydrogen (secondary N) is 2. The molecule has 2 N–H and O–H groups in total. The van der Waals surface area contributed by atoms with Crippen molar-refractivity contribution in [2.75, 3.05) is 6.79 Å². The van der Waals surface area contributed by atoms with Gasteiger partial charge in [-0.05, 0) is 56.7 Å². The number of para-hydroxylation sites is 1. The Balaban J connectivity index is 1.50. The smallest absolute Gasteiger partial charge is 0.271 e. The molecular formula is C22H21N3O4. The lowest BCUT2D eigenvalue weighted by atomic mass is 10.2. The molecule has 0 radical (unpaired) electrons. The van der Waals surface area contributed by atoms with Crippen LogP contribution in [0.5, 0.6) is 11.5 Å². The second-order valence-corrected chi connectivity index (χ2v) is 6.88. The number of carbonyl (C=O) groups is 2. The number of hydrogen-bond acceptors (Lipinski definition) is 4. The van der Waals surface area contributed by atoms with Gasteiger partial charge in [-0.15, -0.1) is 0 Å². The highest BCUT2D eigenvalue weighted by Gasteiger charge is 2.19. The number of fused-ring (bicyclic) bond motifs is 1. The topological polar surface area (TPSA) is 81.6 Å². The highest BCUT2D eigenvalue weighted by atomic mass is 16.7. The molecule has 0 unspecified atom stereocenters. The number of amides is 2. The Morgan fingerprint density at radius 1 is 0.897 bits per heavy atom. The summed E-state index contributed by atoms with van der Waals surface area (Å²) in [6.07, 6.45) is 0. The van der Waals surface area contributed by atoms with E-state index >= 15 is 0 Å². The predicted octanol–water partition coefficient (Wildman–Crippen LogP) is 3.21. The van der Waals surface area contributed by atoms with Gasteiger partial charge >= 0.3 is 0 Å². The lowest BCUT2D eigenvalue weighted by Crippen LogP contribution is -2.41. The Kier molecular flexibility index (Phi) is 4.72. The van der Waals surface area contributed by atoms with Gasteiger partial charge in [0.15, 0.2) is 11.5 Å². The Morgan fingerprint density at radius 2 is 1.62 bits per heavy atom. The first-order chi connectivity index (χ1) is 14.0. The van der Waals surface area contributed by atoms with Gasteiger partial charge in [0, 0.05) is 22.6 Å². The summed E-state index contributed by atoms with van der Waals surface area (Å²) in [6.45, 7) is 5.99. The third-order valence-electron chi connectivity index (χ3n) is 4.96. The minimum absolute atomic E-state index is 0.133. The second-order valence-electron chi connectivity index (χ2n) is 6.88. The summed E-state index contributed by atoms with van der Waals surface area (Å²) in [5, 5.41) is 0. The van der Waals surface area contributed by atoms with Gasteiger partial charge in [0.25, 0.3) is 11.8 Å². The van der Waals surface area contributed by atoms with E-state index in [1.54, 1.807) is 18.2 Å². The number of nitrogens with zero attached hydrogens (tertiary/aromatic N) is 1. The molecule has 7 heteroatoms. The number of aromatic nitrogens is 1. The summed E-state index contributed by atoms with van der Waals surface area (Å²) < 4.78 is 12.5. The van der Waals surface area contributed by atoms with Crippen LogP contribution in [-0.2, 0) is 0 Å². The van der Waals surface area contributed by atoms with Gasteiger partial charge in [-0.3, -0.25) is 20.4 Å². The third-order valence-corrected chi connectivity index (χ3v) is 4.96. The maximum absolute atomic E-state index is 12.7. The number of benzene rings is 2. The molecule has 0 spiro atoms. The number of carbonyl (C=O) groups excluding carboxylic acids is 2. The van der Waals surface area contributed by atoms with E-state index in [0.29, 0.717) is 22.6 Å². The van der Waals surface area contributed by atoms with Crippen LogP contribution in [0.4, 0.5) is 0 Å². The van der Waals surface area contributed by atoms with Gasteiger partial charge in [-0.25, -0.2) is 0 Å². The van der Waals surface area contributed by atoms with Crippen LogP contribution in [0, 0.1) is 20.8 Å². The molecule has 0 aliphatic carbocycles. The molecule has 0 bridgehead atoms. The zero-order valence-corrected chi connectivity index (χ0v) is 16.4. The number of rotatable bonds is 3. The molecule has 1 aliphatic rings. The molecule has 29 heavy (non-hydrogen) atoms. The Labute approximate surface area is 168 Å². The number of hydrazine groups is 1. The second kappa shape index (κ2) is 7.35. The SMILES string of the molecule is Cc1ccccc1-n1c(C)cc(C(=O)NNC(=O)c2ccc3c(c2)OCO3)c1C. The largest absolute Gasteiger partial charge is 0.454 e. The third kappa shape index (κ3) is 3.42. The van der Waals surface area contributed by atoms with E-state index in [1.807, 2.05) is 55.7 Å². The molecule has 0 fully saturated rings. The van der Waals surface area contributed by atoms with Gasteiger partial charge in [0.05, 0.1) is 5.56 Å². The average Bonchev–Trinajstić information content (AvgIpc) is 3.30. The molecule has 148 valence electrons. The molecule has 7 nitrogen and oxygen atoms in total. The van der Waals surface area contributed by atoms with Crippen LogP contribution in [0.15, 0.2) is 48.5 Å². The maximum Gasteiger partial charge on any atom is 0.271 e. The minimum Gasteiger partial charge on any atom is -0.454 e. The van der Waals surface area contributed by atoms with Crippen LogP contribution in [-0.4, -0.2) is 23.2 Å². The van der Waals surface area contributed by atoms with Gasteiger partial charge in [0.1, 0.15) is 0 Å². The van der Waals surface area contributed by atoms with Crippen LogP contribution in [0.1, 0.15) is 37.7 Å². The molecule has 0 saturated carbocycles. The molecule has 0 saturated heterocycles. The number of ether oxygens (including phenoxy) is 2. The summed E-state index contributed by atoms with van der Waals surface area (Å²) >= 11 is 0. The molecule has 1 aliphatic heterocycles. The van der Waals surface area contributed by atoms with E-state index in [-0.39, 0.29) is 12.7 Å². The standard InChI is InChI=1S/C22H21N3O4/c1-13-6-4-5-7-18(13)25-14(2)10-17(15(25)3)22(27)24-23-21(26)16-8-9-19-20(11-16)29-12-28-19/h4-11H,12H2,1-3H3,(H,23,26)(H,24,27). The first kappa shape index (κ1) is 18.6. The van der Waals surface area contributed by atoms with Crippen LogP contribution in [0.3, 0.4) is 0 Å². The summed E-state index contributed by atoms with van der Waals surface area (Å²) in [7, 11) is 0. The summed E-state index contributed by atoms with van der Waals surface area (Å²) in [6, 6.07) is 14.6. The van der Waals surface area contributed by atoms with E-state index in [9.17, 15) is 9.59 Å². The highest BCUT2D eigenvalue weighted by molar-refractivity contribution is 6.00. The maximum atomic E-state index is 12.7. The van der Waals surface area contributed by atoms with Crippen molar-refractivity contribution >= 4 is 11.8 Å². The summed E-state index contributed by atoms with van der Waals surface area (Å²) in [5.74, 6) is 0.274. The Bertz CT molecular complexity index is 1120.